The Morgan fingerprint density at radius 2 is 1.91 bits per heavy atom. The van der Waals surface area contributed by atoms with Gasteiger partial charge in [-0.15, -0.1) is 0 Å². The van der Waals surface area contributed by atoms with Crippen molar-refractivity contribution in [3.05, 3.63) is 41.7 Å². The van der Waals surface area contributed by atoms with E-state index in [1.54, 1.807) is 25.1 Å². The number of carbonyl (C=O) groups excluding carboxylic acids is 2. The topological polar surface area (TPSA) is 93.5 Å². The quantitative estimate of drug-likeness (QED) is 0.812. The molecule has 0 aliphatic rings. The van der Waals surface area contributed by atoms with Gasteiger partial charge in [-0.2, -0.15) is 0 Å². The third-order valence-corrected chi connectivity index (χ3v) is 2.96. The fourth-order valence-electron chi connectivity index (χ4n) is 1.78. The fourth-order valence-corrected chi connectivity index (χ4v) is 1.78. The molecule has 2 aromatic rings. The molecule has 0 fully saturated rings. The minimum absolute atomic E-state index is 0.0901. The van der Waals surface area contributed by atoms with Crippen molar-refractivity contribution >= 4 is 17.6 Å². The highest BCUT2D eigenvalue weighted by atomic mass is 16.5. The van der Waals surface area contributed by atoms with Gasteiger partial charge in [0, 0.05) is 19.0 Å². The van der Waals surface area contributed by atoms with Crippen LogP contribution in [0.3, 0.4) is 0 Å². The molecule has 23 heavy (non-hydrogen) atoms. The van der Waals surface area contributed by atoms with Crippen LogP contribution in [0, 0.1) is 13.8 Å². The number of carbonyl (C=O) groups is 2. The predicted octanol–water partition coefficient (Wildman–Crippen LogP) is 1.82. The van der Waals surface area contributed by atoms with E-state index in [1.807, 2.05) is 19.1 Å². The SMILES string of the molecule is Cc1ccc(OCC(=O)NCCC(=O)Nc2cc(C)on2)cc1. The van der Waals surface area contributed by atoms with Crippen molar-refractivity contribution in [1.82, 2.24) is 10.5 Å². The summed E-state index contributed by atoms with van der Waals surface area (Å²) in [4.78, 5) is 23.3. The highest BCUT2D eigenvalue weighted by Crippen LogP contribution is 2.11. The molecule has 2 rings (SSSR count). The van der Waals surface area contributed by atoms with Crippen molar-refractivity contribution in [2.45, 2.75) is 20.3 Å². The molecular formula is C16H19N3O4. The Balaban J connectivity index is 1.62. The van der Waals surface area contributed by atoms with Gasteiger partial charge in [0.05, 0.1) is 0 Å². The van der Waals surface area contributed by atoms with E-state index in [0.29, 0.717) is 17.3 Å². The van der Waals surface area contributed by atoms with Crippen LogP contribution >= 0.6 is 0 Å². The Hall–Kier alpha value is -2.83. The first-order valence-electron chi connectivity index (χ1n) is 7.22. The van der Waals surface area contributed by atoms with Crippen LogP contribution in [0.15, 0.2) is 34.9 Å². The Labute approximate surface area is 134 Å². The van der Waals surface area contributed by atoms with Crippen LogP contribution in [-0.4, -0.2) is 30.1 Å². The Kier molecular flexibility index (Phi) is 5.74. The van der Waals surface area contributed by atoms with E-state index in [-0.39, 0.29) is 31.4 Å². The third-order valence-electron chi connectivity index (χ3n) is 2.96. The van der Waals surface area contributed by atoms with Crippen LogP contribution in [0.2, 0.25) is 0 Å². The van der Waals surface area contributed by atoms with Crippen molar-refractivity contribution < 1.29 is 18.8 Å². The molecule has 0 atom stereocenters. The molecule has 1 heterocycles. The molecule has 2 amide bonds. The van der Waals surface area contributed by atoms with Crippen molar-refractivity contribution in [3.8, 4) is 5.75 Å². The highest BCUT2D eigenvalue weighted by molar-refractivity contribution is 5.90. The van der Waals surface area contributed by atoms with Crippen LogP contribution in [0.5, 0.6) is 5.75 Å². The number of anilines is 1. The lowest BCUT2D eigenvalue weighted by Crippen LogP contribution is -2.31. The van der Waals surface area contributed by atoms with Crippen LogP contribution in [0.4, 0.5) is 5.82 Å². The smallest absolute Gasteiger partial charge is 0.257 e. The lowest BCUT2D eigenvalue weighted by molar-refractivity contribution is -0.123. The Morgan fingerprint density at radius 1 is 1.17 bits per heavy atom. The first-order chi connectivity index (χ1) is 11.0. The summed E-state index contributed by atoms with van der Waals surface area (Å²) in [7, 11) is 0. The maximum Gasteiger partial charge on any atom is 0.257 e. The van der Waals surface area contributed by atoms with E-state index < -0.39 is 0 Å². The standard InChI is InChI=1S/C16H19N3O4/c1-11-3-5-13(6-4-11)22-10-16(21)17-8-7-15(20)18-14-9-12(2)23-19-14/h3-6,9H,7-8,10H2,1-2H3,(H,17,21)(H,18,19,20). The predicted molar refractivity (Wildman–Crippen MR) is 84.2 cm³/mol. The summed E-state index contributed by atoms with van der Waals surface area (Å²) in [6.07, 6.45) is 0.141. The molecular weight excluding hydrogens is 298 g/mol. The van der Waals surface area contributed by atoms with Crippen LogP contribution < -0.4 is 15.4 Å². The number of hydrogen-bond acceptors (Lipinski definition) is 5. The molecule has 0 saturated carbocycles. The minimum Gasteiger partial charge on any atom is -0.484 e. The number of amides is 2. The second-order valence-electron chi connectivity index (χ2n) is 5.07. The molecule has 0 aliphatic heterocycles. The number of aromatic nitrogens is 1. The summed E-state index contributed by atoms with van der Waals surface area (Å²) < 4.78 is 10.2. The van der Waals surface area contributed by atoms with Crippen LogP contribution in [-0.2, 0) is 9.59 Å². The van der Waals surface area contributed by atoms with Crippen LogP contribution in [0.1, 0.15) is 17.7 Å². The zero-order valence-corrected chi connectivity index (χ0v) is 13.1. The second-order valence-corrected chi connectivity index (χ2v) is 5.07. The molecule has 0 saturated heterocycles. The first kappa shape index (κ1) is 16.5. The summed E-state index contributed by atoms with van der Waals surface area (Å²) >= 11 is 0. The lowest BCUT2D eigenvalue weighted by atomic mass is 10.2. The van der Waals surface area contributed by atoms with Gasteiger partial charge < -0.3 is 19.9 Å². The molecule has 0 aliphatic carbocycles. The van der Waals surface area contributed by atoms with Gasteiger partial charge in [0.2, 0.25) is 5.91 Å². The monoisotopic (exact) mass is 317 g/mol. The van der Waals surface area contributed by atoms with Gasteiger partial charge in [-0.25, -0.2) is 0 Å². The van der Waals surface area contributed by atoms with Gasteiger partial charge in [-0.05, 0) is 26.0 Å². The van der Waals surface area contributed by atoms with Crippen LogP contribution in [0.25, 0.3) is 0 Å². The fraction of sp³-hybridized carbons (Fsp3) is 0.312. The summed E-state index contributed by atoms with van der Waals surface area (Å²) in [5.41, 5.74) is 1.12. The Bertz CT molecular complexity index is 664. The van der Waals surface area contributed by atoms with E-state index in [1.165, 1.54) is 0 Å². The average molecular weight is 317 g/mol. The van der Waals surface area contributed by atoms with Gasteiger partial charge in [0.1, 0.15) is 11.5 Å². The van der Waals surface area contributed by atoms with E-state index in [0.717, 1.165) is 5.56 Å². The zero-order valence-electron chi connectivity index (χ0n) is 13.1. The number of rotatable bonds is 7. The largest absolute Gasteiger partial charge is 0.484 e. The number of benzene rings is 1. The number of hydrogen-bond donors (Lipinski definition) is 2. The third kappa shape index (κ3) is 5.82. The van der Waals surface area contributed by atoms with Gasteiger partial charge in [0.15, 0.2) is 12.4 Å². The van der Waals surface area contributed by atoms with Crippen molar-refractivity contribution in [2.75, 3.05) is 18.5 Å². The number of ether oxygens (including phenoxy) is 1. The maximum absolute atomic E-state index is 11.6. The van der Waals surface area contributed by atoms with E-state index in [2.05, 4.69) is 15.8 Å². The van der Waals surface area contributed by atoms with E-state index in [4.69, 9.17) is 9.26 Å². The van der Waals surface area contributed by atoms with Gasteiger partial charge in [-0.1, -0.05) is 22.9 Å². The van der Waals surface area contributed by atoms with Crippen molar-refractivity contribution in [2.24, 2.45) is 0 Å². The van der Waals surface area contributed by atoms with E-state index >= 15 is 0 Å². The molecule has 1 aromatic carbocycles. The maximum atomic E-state index is 11.6. The zero-order chi connectivity index (χ0) is 16.7. The van der Waals surface area contributed by atoms with E-state index in [9.17, 15) is 9.59 Å². The number of nitrogens with zero attached hydrogens (tertiary/aromatic N) is 1. The van der Waals surface area contributed by atoms with Gasteiger partial charge in [0.25, 0.3) is 5.91 Å². The molecule has 0 spiro atoms. The minimum atomic E-state index is -0.282. The van der Waals surface area contributed by atoms with Gasteiger partial charge in [-0.3, -0.25) is 9.59 Å². The average Bonchev–Trinajstić information content (AvgIpc) is 2.91. The van der Waals surface area contributed by atoms with Crippen molar-refractivity contribution in [1.29, 1.82) is 0 Å². The highest BCUT2D eigenvalue weighted by Gasteiger charge is 2.07. The molecule has 0 unspecified atom stereocenters. The summed E-state index contributed by atoms with van der Waals surface area (Å²) in [5, 5.41) is 8.84. The molecule has 7 nitrogen and oxygen atoms in total. The van der Waals surface area contributed by atoms with Gasteiger partial charge >= 0.3 is 0 Å². The first-order valence-corrected chi connectivity index (χ1v) is 7.22. The van der Waals surface area contributed by atoms with Crippen molar-refractivity contribution in [3.63, 3.8) is 0 Å². The molecule has 2 N–H and O–H groups in total. The molecule has 1 aromatic heterocycles. The summed E-state index contributed by atoms with van der Waals surface area (Å²) in [5.74, 6) is 1.07. The molecule has 0 radical (unpaired) electrons. The normalized spacial score (nSPS) is 10.2. The summed E-state index contributed by atoms with van der Waals surface area (Å²) in [6.45, 7) is 3.84. The number of nitrogens with one attached hydrogen (secondary N) is 2. The Morgan fingerprint density at radius 3 is 2.57 bits per heavy atom. The lowest BCUT2D eigenvalue weighted by Gasteiger charge is -2.07. The summed E-state index contributed by atoms with van der Waals surface area (Å²) in [6, 6.07) is 9.03. The molecule has 122 valence electrons. The molecule has 0 bridgehead atoms. The molecule has 7 heteroatoms. The second kappa shape index (κ2) is 7.98. The number of aryl methyl sites for hydroxylation is 2.